The summed E-state index contributed by atoms with van der Waals surface area (Å²) in [5.41, 5.74) is 3.43. The highest BCUT2D eigenvalue weighted by molar-refractivity contribution is 5.74. The predicted molar refractivity (Wildman–Crippen MR) is 72.4 cm³/mol. The van der Waals surface area contributed by atoms with Gasteiger partial charge in [-0.3, -0.25) is 0 Å². The maximum absolute atomic E-state index is 10.0. The van der Waals surface area contributed by atoms with Crippen molar-refractivity contribution in [3.8, 4) is 17.2 Å². The van der Waals surface area contributed by atoms with Crippen molar-refractivity contribution in [2.45, 2.75) is 32.6 Å². The lowest BCUT2D eigenvalue weighted by Crippen LogP contribution is -1.99. The monoisotopic (exact) mass is 248 g/mol. The van der Waals surface area contributed by atoms with Gasteiger partial charge in [0.15, 0.2) is 11.5 Å². The van der Waals surface area contributed by atoms with Crippen molar-refractivity contribution in [1.82, 2.24) is 0 Å². The van der Waals surface area contributed by atoms with Crippen LogP contribution in [0.3, 0.4) is 0 Å². The summed E-state index contributed by atoms with van der Waals surface area (Å²) in [6.07, 6.45) is 6.96. The average molecular weight is 248 g/mol. The van der Waals surface area contributed by atoms with Crippen LogP contribution in [-0.4, -0.2) is 19.3 Å². The van der Waals surface area contributed by atoms with Crippen LogP contribution in [0.15, 0.2) is 12.1 Å². The molecule has 0 unspecified atom stereocenters. The van der Waals surface area contributed by atoms with Crippen molar-refractivity contribution < 1.29 is 14.6 Å². The number of hydrogen-bond donors (Lipinski definition) is 1. The second kappa shape index (κ2) is 5.34. The standard InChI is InChI=1S/C15H20O3/c1-10-12(11-7-5-4-6-8-11)9-13(17-2)14(16)15(10)18-3/h7,9,16H,4-6,8H2,1-3H3. The molecule has 0 saturated heterocycles. The Labute approximate surface area is 108 Å². The molecule has 0 radical (unpaired) electrons. The second-order valence-electron chi connectivity index (χ2n) is 4.61. The number of allylic oxidation sites excluding steroid dienone is 2. The van der Waals surface area contributed by atoms with Crippen molar-refractivity contribution in [2.24, 2.45) is 0 Å². The quantitative estimate of drug-likeness (QED) is 0.886. The number of benzene rings is 1. The zero-order valence-corrected chi connectivity index (χ0v) is 11.2. The highest BCUT2D eigenvalue weighted by Crippen LogP contribution is 2.43. The highest BCUT2D eigenvalue weighted by atomic mass is 16.5. The highest BCUT2D eigenvalue weighted by Gasteiger charge is 2.19. The van der Waals surface area contributed by atoms with E-state index in [1.54, 1.807) is 14.2 Å². The first-order valence-electron chi connectivity index (χ1n) is 6.33. The minimum absolute atomic E-state index is 0.0812. The van der Waals surface area contributed by atoms with Gasteiger partial charge in [-0.25, -0.2) is 0 Å². The Balaban J connectivity index is 2.56. The Morgan fingerprint density at radius 1 is 1.17 bits per heavy atom. The summed E-state index contributed by atoms with van der Waals surface area (Å²) >= 11 is 0. The summed E-state index contributed by atoms with van der Waals surface area (Å²) in [6, 6.07) is 1.91. The van der Waals surface area contributed by atoms with E-state index in [2.05, 4.69) is 6.08 Å². The molecular weight excluding hydrogens is 228 g/mol. The van der Waals surface area contributed by atoms with Gasteiger partial charge < -0.3 is 14.6 Å². The molecule has 1 aromatic rings. The van der Waals surface area contributed by atoms with Crippen LogP contribution >= 0.6 is 0 Å². The van der Waals surface area contributed by atoms with Gasteiger partial charge in [-0.1, -0.05) is 6.08 Å². The van der Waals surface area contributed by atoms with Crippen LogP contribution in [0.4, 0.5) is 0 Å². The first-order valence-corrected chi connectivity index (χ1v) is 6.33. The Morgan fingerprint density at radius 2 is 1.94 bits per heavy atom. The summed E-state index contributed by atoms with van der Waals surface area (Å²) in [6.45, 7) is 1.97. The summed E-state index contributed by atoms with van der Waals surface area (Å²) in [4.78, 5) is 0. The van der Waals surface area contributed by atoms with Crippen LogP contribution in [0, 0.1) is 6.92 Å². The molecule has 0 fully saturated rings. The van der Waals surface area contributed by atoms with Gasteiger partial charge >= 0.3 is 0 Å². The molecule has 1 N–H and O–H groups in total. The van der Waals surface area contributed by atoms with Gasteiger partial charge in [0.05, 0.1) is 14.2 Å². The van der Waals surface area contributed by atoms with Crippen molar-refractivity contribution in [1.29, 1.82) is 0 Å². The SMILES string of the molecule is COc1cc(C2=CCCCC2)c(C)c(OC)c1O. The topological polar surface area (TPSA) is 38.7 Å². The number of ether oxygens (including phenoxy) is 2. The average Bonchev–Trinajstić information content (AvgIpc) is 2.41. The molecule has 18 heavy (non-hydrogen) atoms. The lowest BCUT2D eigenvalue weighted by atomic mass is 9.90. The fraction of sp³-hybridized carbons (Fsp3) is 0.467. The molecule has 0 aliphatic heterocycles. The summed E-state index contributed by atoms with van der Waals surface area (Å²) in [5.74, 6) is 1.06. The van der Waals surface area contributed by atoms with Crippen molar-refractivity contribution in [3.63, 3.8) is 0 Å². The predicted octanol–water partition coefficient (Wildman–Crippen LogP) is 3.68. The molecule has 0 saturated carbocycles. The van der Waals surface area contributed by atoms with E-state index < -0.39 is 0 Å². The third-order valence-electron chi connectivity index (χ3n) is 3.53. The first kappa shape index (κ1) is 12.8. The second-order valence-corrected chi connectivity index (χ2v) is 4.61. The van der Waals surface area contributed by atoms with Crippen molar-refractivity contribution in [2.75, 3.05) is 14.2 Å². The number of phenols is 1. The number of rotatable bonds is 3. The lowest BCUT2D eigenvalue weighted by Gasteiger charge is -2.19. The Hall–Kier alpha value is -1.64. The summed E-state index contributed by atoms with van der Waals surface area (Å²) < 4.78 is 10.5. The van der Waals surface area contributed by atoms with Crippen LogP contribution in [0.2, 0.25) is 0 Å². The van der Waals surface area contributed by atoms with Crippen LogP contribution in [-0.2, 0) is 0 Å². The summed E-state index contributed by atoms with van der Waals surface area (Å²) in [7, 11) is 3.13. The minimum atomic E-state index is 0.0812. The van der Waals surface area contributed by atoms with Crippen LogP contribution in [0.25, 0.3) is 5.57 Å². The maximum atomic E-state index is 10.0. The van der Waals surface area contributed by atoms with Gasteiger partial charge in [0.2, 0.25) is 5.75 Å². The Bertz CT molecular complexity index is 475. The van der Waals surface area contributed by atoms with Gasteiger partial charge in [-0.15, -0.1) is 0 Å². The van der Waals surface area contributed by atoms with E-state index in [1.165, 1.54) is 18.4 Å². The van der Waals surface area contributed by atoms with Gasteiger partial charge in [-0.05, 0) is 49.8 Å². The van der Waals surface area contributed by atoms with Crippen molar-refractivity contribution in [3.05, 3.63) is 23.3 Å². The Morgan fingerprint density at radius 3 is 2.50 bits per heavy atom. The molecule has 0 aromatic heterocycles. The van der Waals surface area contributed by atoms with E-state index in [4.69, 9.17) is 9.47 Å². The van der Waals surface area contributed by atoms with E-state index in [1.807, 2.05) is 13.0 Å². The molecule has 2 rings (SSSR count). The van der Waals surface area contributed by atoms with Gasteiger partial charge in [0, 0.05) is 5.56 Å². The van der Waals surface area contributed by atoms with Crippen LogP contribution in [0.5, 0.6) is 17.2 Å². The molecule has 0 atom stereocenters. The zero-order valence-electron chi connectivity index (χ0n) is 11.2. The number of aromatic hydroxyl groups is 1. The van der Waals surface area contributed by atoms with E-state index in [0.717, 1.165) is 24.0 Å². The third-order valence-corrected chi connectivity index (χ3v) is 3.53. The molecule has 0 heterocycles. The van der Waals surface area contributed by atoms with E-state index in [0.29, 0.717) is 11.5 Å². The number of hydrogen-bond acceptors (Lipinski definition) is 3. The molecule has 1 aromatic carbocycles. The third kappa shape index (κ3) is 2.17. The van der Waals surface area contributed by atoms with Gasteiger partial charge in [0.1, 0.15) is 0 Å². The smallest absolute Gasteiger partial charge is 0.201 e. The molecule has 98 valence electrons. The number of phenolic OH excluding ortho intramolecular Hbond substituents is 1. The van der Waals surface area contributed by atoms with E-state index in [-0.39, 0.29) is 5.75 Å². The largest absolute Gasteiger partial charge is 0.502 e. The lowest BCUT2D eigenvalue weighted by molar-refractivity contribution is 0.338. The molecule has 0 spiro atoms. The molecular formula is C15H20O3. The maximum Gasteiger partial charge on any atom is 0.201 e. The molecule has 3 heteroatoms. The molecule has 3 nitrogen and oxygen atoms in total. The van der Waals surface area contributed by atoms with Gasteiger partial charge in [-0.2, -0.15) is 0 Å². The normalized spacial score (nSPS) is 15.2. The molecule has 1 aliphatic carbocycles. The van der Waals surface area contributed by atoms with E-state index in [9.17, 15) is 5.11 Å². The molecule has 0 bridgehead atoms. The number of methoxy groups -OCH3 is 2. The fourth-order valence-corrected chi connectivity index (χ4v) is 2.54. The fourth-order valence-electron chi connectivity index (χ4n) is 2.54. The molecule has 0 amide bonds. The van der Waals surface area contributed by atoms with E-state index >= 15 is 0 Å². The Kier molecular flexibility index (Phi) is 3.80. The molecule has 1 aliphatic rings. The zero-order chi connectivity index (χ0) is 13.1. The minimum Gasteiger partial charge on any atom is -0.502 e. The van der Waals surface area contributed by atoms with Crippen LogP contribution in [0.1, 0.15) is 36.8 Å². The van der Waals surface area contributed by atoms with Crippen molar-refractivity contribution >= 4 is 5.57 Å². The summed E-state index contributed by atoms with van der Waals surface area (Å²) in [5, 5.41) is 10.0. The first-order chi connectivity index (χ1) is 8.69. The van der Waals surface area contributed by atoms with Crippen LogP contribution < -0.4 is 9.47 Å². The van der Waals surface area contributed by atoms with Gasteiger partial charge in [0.25, 0.3) is 0 Å².